The molecule has 3 rings (SSSR count). The van der Waals surface area contributed by atoms with Gasteiger partial charge in [0.2, 0.25) is 0 Å². The van der Waals surface area contributed by atoms with Crippen molar-refractivity contribution in [2.75, 3.05) is 11.4 Å². The van der Waals surface area contributed by atoms with Crippen molar-refractivity contribution in [2.24, 2.45) is 0 Å². The number of anilines is 1. The molecule has 0 aromatic heterocycles. The Balaban J connectivity index is 1.71. The third kappa shape index (κ3) is 3.03. The maximum Gasteiger partial charge on any atom is 0.414 e. The Bertz CT molecular complexity index is 675. The monoisotopic (exact) mass is 301 g/mol. The standard InChI is InChI=1S/C17H16FNO3/c1-12-10-19(17(20)22-12)14-7-8-16(15(18)9-14)21-11-13-5-3-2-4-6-13/h2-9,12H,10-11H2,1H3/t12-/m0/s1. The predicted molar refractivity (Wildman–Crippen MR) is 80.5 cm³/mol. The number of hydrogen-bond donors (Lipinski definition) is 0. The molecule has 0 saturated carbocycles. The van der Waals surface area contributed by atoms with Gasteiger partial charge in [0.15, 0.2) is 11.6 Å². The lowest BCUT2D eigenvalue weighted by Crippen LogP contribution is -2.24. The van der Waals surface area contributed by atoms with Crippen LogP contribution in [0.25, 0.3) is 0 Å². The number of nitrogens with zero attached hydrogens (tertiary/aromatic N) is 1. The summed E-state index contributed by atoms with van der Waals surface area (Å²) < 4.78 is 24.6. The van der Waals surface area contributed by atoms with Gasteiger partial charge in [-0.25, -0.2) is 9.18 Å². The highest BCUT2D eigenvalue weighted by atomic mass is 19.1. The van der Waals surface area contributed by atoms with Crippen molar-refractivity contribution in [2.45, 2.75) is 19.6 Å². The molecule has 114 valence electrons. The number of cyclic esters (lactones) is 1. The smallest absolute Gasteiger partial charge is 0.414 e. The highest BCUT2D eigenvalue weighted by molar-refractivity contribution is 5.89. The Morgan fingerprint density at radius 2 is 2.05 bits per heavy atom. The van der Waals surface area contributed by atoms with Crippen LogP contribution < -0.4 is 9.64 Å². The van der Waals surface area contributed by atoms with Gasteiger partial charge >= 0.3 is 6.09 Å². The lowest BCUT2D eigenvalue weighted by Gasteiger charge is -2.14. The van der Waals surface area contributed by atoms with Crippen molar-refractivity contribution < 1.29 is 18.7 Å². The van der Waals surface area contributed by atoms with Gasteiger partial charge in [-0.3, -0.25) is 4.90 Å². The lowest BCUT2D eigenvalue weighted by molar-refractivity contribution is 0.150. The van der Waals surface area contributed by atoms with Gasteiger partial charge < -0.3 is 9.47 Å². The normalized spacial score (nSPS) is 17.5. The van der Waals surface area contributed by atoms with Gasteiger partial charge in [-0.05, 0) is 24.6 Å². The van der Waals surface area contributed by atoms with Crippen molar-refractivity contribution in [3.63, 3.8) is 0 Å². The van der Waals surface area contributed by atoms with Crippen molar-refractivity contribution in [3.05, 3.63) is 59.9 Å². The minimum absolute atomic E-state index is 0.160. The number of carbonyl (C=O) groups excluding carboxylic acids is 1. The van der Waals surface area contributed by atoms with Crippen molar-refractivity contribution in [1.82, 2.24) is 0 Å². The minimum Gasteiger partial charge on any atom is -0.486 e. The molecule has 4 nitrogen and oxygen atoms in total. The fourth-order valence-electron chi connectivity index (χ4n) is 2.33. The molecule has 0 aliphatic carbocycles. The van der Waals surface area contributed by atoms with E-state index in [0.717, 1.165) is 5.56 Å². The van der Waals surface area contributed by atoms with Crippen molar-refractivity contribution >= 4 is 11.8 Å². The first-order valence-corrected chi connectivity index (χ1v) is 7.08. The zero-order chi connectivity index (χ0) is 15.5. The van der Waals surface area contributed by atoms with Crippen LogP contribution in [-0.2, 0) is 11.3 Å². The SMILES string of the molecule is C[C@H]1CN(c2ccc(OCc3ccccc3)c(F)c2)C(=O)O1. The molecule has 1 aliphatic rings. The number of carbonyl (C=O) groups is 1. The third-order valence-corrected chi connectivity index (χ3v) is 3.43. The second kappa shape index (κ2) is 6.05. The first-order chi connectivity index (χ1) is 10.6. The van der Waals surface area contributed by atoms with Crippen LogP contribution in [-0.4, -0.2) is 18.7 Å². The van der Waals surface area contributed by atoms with E-state index in [0.29, 0.717) is 18.8 Å². The Labute approximate surface area is 128 Å². The molecular weight excluding hydrogens is 285 g/mol. The molecule has 0 unspecified atom stereocenters. The summed E-state index contributed by atoms with van der Waals surface area (Å²) in [4.78, 5) is 13.1. The molecule has 5 heteroatoms. The van der Waals surface area contributed by atoms with E-state index < -0.39 is 11.9 Å². The molecule has 1 heterocycles. The number of amides is 1. The van der Waals surface area contributed by atoms with Crippen LogP contribution in [0, 0.1) is 5.82 Å². The highest BCUT2D eigenvalue weighted by Gasteiger charge is 2.29. The summed E-state index contributed by atoms with van der Waals surface area (Å²) in [6.45, 7) is 2.51. The topological polar surface area (TPSA) is 38.8 Å². The van der Waals surface area contributed by atoms with E-state index in [4.69, 9.17) is 9.47 Å². The quantitative estimate of drug-likeness (QED) is 0.863. The zero-order valence-corrected chi connectivity index (χ0v) is 12.2. The van der Waals surface area contributed by atoms with Crippen LogP contribution >= 0.6 is 0 Å². The third-order valence-electron chi connectivity index (χ3n) is 3.43. The second-order valence-corrected chi connectivity index (χ2v) is 5.19. The number of benzene rings is 2. The van der Waals surface area contributed by atoms with Crippen LogP contribution in [0.4, 0.5) is 14.9 Å². The summed E-state index contributed by atoms with van der Waals surface area (Å²) in [5.41, 5.74) is 1.43. The maximum absolute atomic E-state index is 14.1. The van der Waals surface area contributed by atoms with Gasteiger partial charge in [-0.2, -0.15) is 0 Å². The number of halogens is 1. The fraction of sp³-hybridized carbons (Fsp3) is 0.235. The van der Waals surface area contributed by atoms with Crippen LogP contribution in [0.5, 0.6) is 5.75 Å². The molecule has 2 aromatic carbocycles. The molecule has 0 spiro atoms. The molecule has 2 aromatic rings. The van der Waals surface area contributed by atoms with E-state index in [2.05, 4.69) is 0 Å². The van der Waals surface area contributed by atoms with Crippen LogP contribution in [0.3, 0.4) is 0 Å². The van der Waals surface area contributed by atoms with Crippen LogP contribution in [0.2, 0.25) is 0 Å². The molecule has 0 bridgehead atoms. The molecule has 1 fully saturated rings. The minimum atomic E-state index is -0.499. The number of rotatable bonds is 4. The van der Waals surface area contributed by atoms with E-state index in [1.165, 1.54) is 17.0 Å². The molecular formula is C17H16FNO3. The summed E-state index contributed by atoms with van der Waals surface area (Å²) in [7, 11) is 0. The first-order valence-electron chi connectivity index (χ1n) is 7.08. The summed E-state index contributed by atoms with van der Waals surface area (Å²) in [6, 6.07) is 14.0. The van der Waals surface area contributed by atoms with Gasteiger partial charge in [0.05, 0.1) is 12.2 Å². The molecule has 1 amide bonds. The second-order valence-electron chi connectivity index (χ2n) is 5.19. The highest BCUT2D eigenvalue weighted by Crippen LogP contribution is 2.27. The number of hydrogen-bond acceptors (Lipinski definition) is 3. The molecule has 22 heavy (non-hydrogen) atoms. The Kier molecular flexibility index (Phi) is 3.96. The zero-order valence-electron chi connectivity index (χ0n) is 12.2. The average molecular weight is 301 g/mol. The van der Waals surface area contributed by atoms with Gasteiger partial charge in [-0.1, -0.05) is 30.3 Å². The van der Waals surface area contributed by atoms with Gasteiger partial charge in [0, 0.05) is 6.07 Å². The molecule has 1 saturated heterocycles. The summed E-state index contributed by atoms with van der Waals surface area (Å²) in [5.74, 6) is -0.339. The van der Waals surface area contributed by atoms with Gasteiger partial charge in [-0.15, -0.1) is 0 Å². The van der Waals surface area contributed by atoms with Crippen molar-refractivity contribution in [1.29, 1.82) is 0 Å². The molecule has 1 atom stereocenters. The molecule has 1 aliphatic heterocycles. The maximum atomic E-state index is 14.1. The van der Waals surface area contributed by atoms with E-state index in [-0.39, 0.29) is 11.9 Å². The van der Waals surface area contributed by atoms with Crippen molar-refractivity contribution in [3.8, 4) is 5.75 Å². The summed E-state index contributed by atoms with van der Waals surface area (Å²) in [6.07, 6.45) is -0.644. The van der Waals surface area contributed by atoms with E-state index in [9.17, 15) is 9.18 Å². The fourth-order valence-corrected chi connectivity index (χ4v) is 2.33. The lowest BCUT2D eigenvalue weighted by atomic mass is 10.2. The molecule has 0 N–H and O–H groups in total. The molecule has 0 radical (unpaired) electrons. The first kappa shape index (κ1) is 14.4. The summed E-state index contributed by atoms with van der Waals surface area (Å²) >= 11 is 0. The van der Waals surface area contributed by atoms with E-state index in [1.807, 2.05) is 30.3 Å². The largest absolute Gasteiger partial charge is 0.486 e. The average Bonchev–Trinajstić information content (AvgIpc) is 2.86. The predicted octanol–water partition coefficient (Wildman–Crippen LogP) is 3.75. The van der Waals surface area contributed by atoms with Gasteiger partial charge in [0.25, 0.3) is 0 Å². The van der Waals surface area contributed by atoms with E-state index in [1.54, 1.807) is 13.0 Å². The summed E-state index contributed by atoms with van der Waals surface area (Å²) in [5, 5.41) is 0. The Morgan fingerprint density at radius 3 is 2.68 bits per heavy atom. The number of ether oxygens (including phenoxy) is 2. The van der Waals surface area contributed by atoms with Gasteiger partial charge in [0.1, 0.15) is 12.7 Å². The van der Waals surface area contributed by atoms with Crippen LogP contribution in [0.1, 0.15) is 12.5 Å². The Morgan fingerprint density at radius 1 is 1.27 bits per heavy atom. The van der Waals surface area contributed by atoms with Crippen LogP contribution in [0.15, 0.2) is 48.5 Å². The Hall–Kier alpha value is -2.56. The van der Waals surface area contributed by atoms with E-state index >= 15 is 0 Å².